The third-order valence-electron chi connectivity index (χ3n) is 3.87. The maximum atomic E-state index is 12.5. The first-order valence-electron chi connectivity index (χ1n) is 8.85. The van der Waals surface area contributed by atoms with Gasteiger partial charge in [0.25, 0.3) is 0 Å². The Morgan fingerprint density at radius 2 is 1.81 bits per heavy atom. The molecule has 26 heavy (non-hydrogen) atoms. The number of Topliss-reactive ketones (excluding diaryl/α,β-unsaturated/α-hetero) is 1. The molecule has 7 heteroatoms. The summed E-state index contributed by atoms with van der Waals surface area (Å²) in [7, 11) is 0. The summed E-state index contributed by atoms with van der Waals surface area (Å²) in [6.07, 6.45) is 0.142. The third kappa shape index (κ3) is 4.98. The highest BCUT2D eigenvalue weighted by Gasteiger charge is 2.20. The fourth-order valence-electron chi connectivity index (χ4n) is 2.65. The van der Waals surface area contributed by atoms with Crippen molar-refractivity contribution in [3.8, 4) is 0 Å². The van der Waals surface area contributed by atoms with Gasteiger partial charge in [-0.25, -0.2) is 0 Å². The Labute approximate surface area is 153 Å². The molecule has 138 valence electrons. The zero-order valence-corrected chi connectivity index (χ0v) is 15.5. The van der Waals surface area contributed by atoms with Gasteiger partial charge in [0.05, 0.1) is 19.6 Å². The first-order chi connectivity index (χ1) is 12.4. The van der Waals surface area contributed by atoms with Crippen molar-refractivity contribution in [1.29, 1.82) is 0 Å². The summed E-state index contributed by atoms with van der Waals surface area (Å²) in [5, 5.41) is 3.28. The SMILES string of the molecule is CC(C)(C)Nc1nc(CC(=O)c2ccccc2)nc(N2CCOCC2)n1. The molecule has 0 saturated carbocycles. The fourth-order valence-corrected chi connectivity index (χ4v) is 2.65. The van der Waals surface area contributed by atoms with Gasteiger partial charge in [-0.2, -0.15) is 15.0 Å². The summed E-state index contributed by atoms with van der Waals surface area (Å²) in [4.78, 5) is 28.2. The molecule has 0 radical (unpaired) electrons. The van der Waals surface area contributed by atoms with E-state index >= 15 is 0 Å². The van der Waals surface area contributed by atoms with Gasteiger partial charge < -0.3 is 15.0 Å². The number of carbonyl (C=O) groups excluding carboxylic acids is 1. The highest BCUT2D eigenvalue weighted by molar-refractivity contribution is 5.97. The van der Waals surface area contributed by atoms with E-state index in [1.165, 1.54) is 0 Å². The van der Waals surface area contributed by atoms with Crippen molar-refractivity contribution in [3.63, 3.8) is 0 Å². The Balaban J connectivity index is 1.87. The lowest BCUT2D eigenvalue weighted by atomic mass is 10.1. The quantitative estimate of drug-likeness (QED) is 0.825. The van der Waals surface area contributed by atoms with E-state index in [9.17, 15) is 4.79 Å². The highest BCUT2D eigenvalue weighted by atomic mass is 16.5. The van der Waals surface area contributed by atoms with Crippen molar-refractivity contribution < 1.29 is 9.53 Å². The average Bonchev–Trinajstić information content (AvgIpc) is 2.61. The van der Waals surface area contributed by atoms with Crippen LogP contribution in [0.1, 0.15) is 37.0 Å². The number of nitrogens with one attached hydrogen (secondary N) is 1. The maximum Gasteiger partial charge on any atom is 0.230 e. The van der Waals surface area contributed by atoms with Gasteiger partial charge in [0, 0.05) is 24.2 Å². The molecule has 1 aliphatic heterocycles. The predicted molar refractivity (Wildman–Crippen MR) is 101 cm³/mol. The number of morpholine rings is 1. The van der Waals surface area contributed by atoms with Gasteiger partial charge in [-0.1, -0.05) is 30.3 Å². The lowest BCUT2D eigenvalue weighted by molar-refractivity contribution is 0.0990. The van der Waals surface area contributed by atoms with Crippen LogP contribution in [0.25, 0.3) is 0 Å². The molecule has 3 rings (SSSR count). The first kappa shape index (κ1) is 18.3. The second-order valence-corrected chi connectivity index (χ2v) is 7.32. The molecule has 2 aromatic rings. The largest absolute Gasteiger partial charge is 0.378 e. The second-order valence-electron chi connectivity index (χ2n) is 7.32. The number of benzene rings is 1. The minimum Gasteiger partial charge on any atom is -0.378 e. The molecule has 0 aliphatic carbocycles. The molecule has 2 heterocycles. The second kappa shape index (κ2) is 7.78. The number of hydrogen-bond acceptors (Lipinski definition) is 7. The standard InChI is InChI=1S/C19H25N5O2/c1-19(2,3)23-17-20-16(13-15(25)14-7-5-4-6-8-14)21-18(22-17)24-9-11-26-12-10-24/h4-8H,9-13H2,1-3H3,(H,20,21,22,23). The fraction of sp³-hybridized carbons (Fsp3) is 0.474. The van der Waals surface area contributed by atoms with Gasteiger partial charge in [0.1, 0.15) is 5.82 Å². The van der Waals surface area contributed by atoms with Crippen LogP contribution in [-0.2, 0) is 11.2 Å². The summed E-state index contributed by atoms with van der Waals surface area (Å²) in [5.74, 6) is 1.55. The van der Waals surface area contributed by atoms with Crippen molar-refractivity contribution in [2.24, 2.45) is 0 Å². The molecule has 1 aromatic heterocycles. The van der Waals surface area contributed by atoms with Gasteiger partial charge in [-0.05, 0) is 20.8 Å². The minimum absolute atomic E-state index is 0.00793. The van der Waals surface area contributed by atoms with Crippen LogP contribution in [-0.4, -0.2) is 52.6 Å². The zero-order valence-electron chi connectivity index (χ0n) is 15.5. The van der Waals surface area contributed by atoms with Crippen LogP contribution in [0.15, 0.2) is 30.3 Å². The topological polar surface area (TPSA) is 80.2 Å². The monoisotopic (exact) mass is 355 g/mol. The van der Waals surface area contributed by atoms with E-state index in [4.69, 9.17) is 4.74 Å². The molecule has 1 N–H and O–H groups in total. The number of hydrogen-bond donors (Lipinski definition) is 1. The zero-order chi connectivity index (χ0) is 18.6. The molecule has 0 amide bonds. The van der Waals surface area contributed by atoms with Gasteiger partial charge in [-0.15, -0.1) is 0 Å². The number of carbonyl (C=O) groups is 1. The molecule has 0 atom stereocenters. The Morgan fingerprint density at radius 3 is 2.46 bits per heavy atom. The number of ketones is 1. The molecule has 0 bridgehead atoms. The van der Waals surface area contributed by atoms with Crippen LogP contribution < -0.4 is 10.2 Å². The van der Waals surface area contributed by atoms with Gasteiger partial charge in [0.2, 0.25) is 11.9 Å². The van der Waals surface area contributed by atoms with Crippen LogP contribution in [0, 0.1) is 0 Å². The molecular weight excluding hydrogens is 330 g/mol. The molecule has 0 unspecified atom stereocenters. The summed E-state index contributed by atoms with van der Waals surface area (Å²) in [5.41, 5.74) is 0.468. The number of rotatable bonds is 5. The van der Waals surface area contributed by atoms with E-state index in [1.54, 1.807) is 12.1 Å². The lowest BCUT2D eigenvalue weighted by Gasteiger charge is -2.28. The summed E-state index contributed by atoms with van der Waals surface area (Å²) in [6.45, 7) is 8.87. The van der Waals surface area contributed by atoms with Crippen molar-refractivity contribution >= 4 is 17.7 Å². The smallest absolute Gasteiger partial charge is 0.230 e. The van der Waals surface area contributed by atoms with Crippen LogP contribution >= 0.6 is 0 Å². The molecule has 1 fully saturated rings. The summed E-state index contributed by atoms with van der Waals surface area (Å²) in [6, 6.07) is 9.21. The van der Waals surface area contributed by atoms with Crippen LogP contribution in [0.5, 0.6) is 0 Å². The lowest BCUT2D eigenvalue weighted by Crippen LogP contribution is -2.38. The maximum absolute atomic E-state index is 12.5. The molecule has 1 saturated heterocycles. The molecule has 7 nitrogen and oxygen atoms in total. The van der Waals surface area contributed by atoms with E-state index in [-0.39, 0.29) is 17.7 Å². The van der Waals surface area contributed by atoms with E-state index in [0.717, 1.165) is 13.1 Å². The normalized spacial score (nSPS) is 15.0. The van der Waals surface area contributed by atoms with Crippen LogP contribution in [0.3, 0.4) is 0 Å². The van der Waals surface area contributed by atoms with E-state index in [1.807, 2.05) is 39.0 Å². The molecule has 0 spiro atoms. The van der Waals surface area contributed by atoms with Gasteiger partial charge in [0.15, 0.2) is 5.78 Å². The Kier molecular flexibility index (Phi) is 5.46. The Bertz CT molecular complexity index is 752. The Morgan fingerprint density at radius 1 is 1.12 bits per heavy atom. The summed E-state index contributed by atoms with van der Waals surface area (Å²) >= 11 is 0. The van der Waals surface area contributed by atoms with Crippen molar-refractivity contribution in [2.75, 3.05) is 36.5 Å². The average molecular weight is 355 g/mol. The van der Waals surface area contributed by atoms with Crippen molar-refractivity contribution in [1.82, 2.24) is 15.0 Å². The molecule has 1 aromatic carbocycles. The number of nitrogens with zero attached hydrogens (tertiary/aromatic N) is 4. The highest BCUT2D eigenvalue weighted by Crippen LogP contribution is 2.17. The van der Waals surface area contributed by atoms with Crippen LogP contribution in [0.4, 0.5) is 11.9 Å². The van der Waals surface area contributed by atoms with Crippen LogP contribution in [0.2, 0.25) is 0 Å². The van der Waals surface area contributed by atoms with E-state index in [0.29, 0.717) is 36.5 Å². The Hall–Kier alpha value is -2.54. The van der Waals surface area contributed by atoms with E-state index < -0.39 is 0 Å². The minimum atomic E-state index is -0.190. The summed E-state index contributed by atoms with van der Waals surface area (Å²) < 4.78 is 5.40. The third-order valence-corrected chi connectivity index (χ3v) is 3.87. The number of aromatic nitrogens is 3. The number of anilines is 2. The van der Waals surface area contributed by atoms with Crippen molar-refractivity contribution in [3.05, 3.63) is 41.7 Å². The van der Waals surface area contributed by atoms with Crippen molar-refractivity contribution in [2.45, 2.75) is 32.7 Å². The number of ether oxygens (including phenoxy) is 1. The van der Waals surface area contributed by atoms with Gasteiger partial charge >= 0.3 is 0 Å². The van der Waals surface area contributed by atoms with E-state index in [2.05, 4.69) is 25.2 Å². The molecule has 1 aliphatic rings. The predicted octanol–water partition coefficient (Wildman–Crippen LogP) is 2.34. The van der Waals surface area contributed by atoms with Gasteiger partial charge in [-0.3, -0.25) is 4.79 Å². The first-order valence-corrected chi connectivity index (χ1v) is 8.85. The molecular formula is C19H25N5O2.